The van der Waals surface area contributed by atoms with Gasteiger partial charge in [-0.3, -0.25) is 4.98 Å². The molecule has 1 heterocycles. The first-order valence-corrected chi connectivity index (χ1v) is 10.9. The molecule has 1 aromatic carbocycles. The predicted octanol–water partition coefficient (Wildman–Crippen LogP) is 4.84. The molecular formula is C24H40N4O. The molecule has 2 aromatic rings. The molecule has 162 valence electrons. The van der Waals surface area contributed by atoms with E-state index in [1.807, 2.05) is 0 Å². The van der Waals surface area contributed by atoms with Gasteiger partial charge in [-0.25, -0.2) is 0 Å². The number of ether oxygens (including phenoxy) is 1. The van der Waals surface area contributed by atoms with Crippen molar-refractivity contribution in [1.29, 1.82) is 0 Å². The Morgan fingerprint density at radius 3 is 2.45 bits per heavy atom. The normalized spacial score (nSPS) is 14.0. The number of nitrogens with one attached hydrogen (secondary N) is 2. The van der Waals surface area contributed by atoms with Crippen LogP contribution in [0.5, 0.6) is 5.75 Å². The quantitative estimate of drug-likeness (QED) is 0.471. The summed E-state index contributed by atoms with van der Waals surface area (Å²) in [4.78, 5) is 4.98. The Balaban J connectivity index is 2.05. The smallest absolute Gasteiger partial charge is 0.121 e. The molecule has 2 unspecified atom stereocenters. The molecule has 2 atom stereocenters. The van der Waals surface area contributed by atoms with Crippen molar-refractivity contribution < 1.29 is 4.74 Å². The van der Waals surface area contributed by atoms with Crippen LogP contribution >= 0.6 is 0 Å². The lowest BCUT2D eigenvalue weighted by Gasteiger charge is -2.21. The van der Waals surface area contributed by atoms with E-state index in [1.165, 1.54) is 0 Å². The Kier molecular flexibility index (Phi) is 8.72. The number of aromatic nitrogens is 1. The number of pyridine rings is 1. The summed E-state index contributed by atoms with van der Waals surface area (Å²) < 4.78 is 5.51. The van der Waals surface area contributed by atoms with Crippen molar-refractivity contribution in [2.75, 3.05) is 25.5 Å². The van der Waals surface area contributed by atoms with Crippen LogP contribution in [0.1, 0.15) is 66.0 Å². The van der Waals surface area contributed by atoms with E-state index in [4.69, 9.17) is 15.5 Å². The van der Waals surface area contributed by atoms with Crippen LogP contribution in [-0.2, 0) is 5.41 Å². The van der Waals surface area contributed by atoms with Crippen molar-refractivity contribution in [1.82, 2.24) is 10.3 Å². The van der Waals surface area contributed by atoms with Crippen LogP contribution in [0.2, 0.25) is 0 Å². The van der Waals surface area contributed by atoms with Crippen molar-refractivity contribution in [3.8, 4) is 5.75 Å². The number of fused-ring (bicyclic) bond motifs is 1. The highest BCUT2D eigenvalue weighted by Gasteiger charge is 2.17. The molecule has 5 nitrogen and oxygen atoms in total. The van der Waals surface area contributed by atoms with E-state index in [0.29, 0.717) is 12.1 Å². The van der Waals surface area contributed by atoms with Gasteiger partial charge in [0, 0.05) is 34.6 Å². The number of methoxy groups -OCH3 is 1. The summed E-state index contributed by atoms with van der Waals surface area (Å²) in [6.07, 6.45) is 4.44. The topological polar surface area (TPSA) is 72.2 Å². The minimum absolute atomic E-state index is 0.0171. The minimum atomic E-state index is 0.0171. The van der Waals surface area contributed by atoms with Gasteiger partial charge < -0.3 is 21.1 Å². The number of anilines is 1. The Bertz CT molecular complexity index is 769. The molecule has 0 radical (unpaired) electrons. The van der Waals surface area contributed by atoms with Gasteiger partial charge in [0.15, 0.2) is 0 Å². The van der Waals surface area contributed by atoms with Crippen molar-refractivity contribution in [2.45, 2.75) is 77.8 Å². The van der Waals surface area contributed by atoms with Crippen LogP contribution in [0.25, 0.3) is 10.9 Å². The summed E-state index contributed by atoms with van der Waals surface area (Å²) in [6.45, 7) is 12.9. The summed E-state index contributed by atoms with van der Waals surface area (Å²) >= 11 is 0. The van der Waals surface area contributed by atoms with Crippen LogP contribution in [-0.4, -0.2) is 37.3 Å². The number of nitrogens with two attached hydrogens (primary N) is 1. The highest BCUT2D eigenvalue weighted by Crippen LogP contribution is 2.31. The fourth-order valence-electron chi connectivity index (χ4n) is 3.47. The highest BCUT2D eigenvalue weighted by molar-refractivity contribution is 5.92. The summed E-state index contributed by atoms with van der Waals surface area (Å²) in [7, 11) is 1.71. The molecule has 1 aromatic heterocycles. The Morgan fingerprint density at radius 1 is 1.07 bits per heavy atom. The molecule has 0 aliphatic heterocycles. The third kappa shape index (κ3) is 7.16. The second-order valence-electron chi connectivity index (χ2n) is 9.17. The molecule has 0 saturated heterocycles. The lowest BCUT2D eigenvalue weighted by atomic mass is 9.91. The largest absolute Gasteiger partial charge is 0.497 e. The molecule has 0 fully saturated rings. The number of benzene rings is 1. The Hall–Kier alpha value is -1.85. The second-order valence-corrected chi connectivity index (χ2v) is 9.17. The van der Waals surface area contributed by atoms with E-state index >= 15 is 0 Å². The van der Waals surface area contributed by atoms with E-state index in [0.717, 1.165) is 66.8 Å². The fourth-order valence-corrected chi connectivity index (χ4v) is 3.47. The van der Waals surface area contributed by atoms with Crippen molar-refractivity contribution >= 4 is 16.6 Å². The molecule has 5 heteroatoms. The summed E-state index contributed by atoms with van der Waals surface area (Å²) in [5.74, 6) is 0.855. The average molecular weight is 401 g/mol. The monoisotopic (exact) mass is 400 g/mol. The van der Waals surface area contributed by atoms with E-state index < -0.39 is 0 Å². The molecular weight excluding hydrogens is 360 g/mol. The minimum Gasteiger partial charge on any atom is -0.497 e. The maximum atomic E-state index is 5.59. The zero-order valence-corrected chi connectivity index (χ0v) is 19.1. The zero-order valence-electron chi connectivity index (χ0n) is 19.1. The summed E-state index contributed by atoms with van der Waals surface area (Å²) in [5.41, 5.74) is 8.76. The summed E-state index contributed by atoms with van der Waals surface area (Å²) in [5, 5.41) is 8.37. The predicted molar refractivity (Wildman–Crippen MR) is 125 cm³/mol. The zero-order chi connectivity index (χ0) is 21.4. The van der Waals surface area contributed by atoms with Gasteiger partial charge in [-0.2, -0.15) is 0 Å². The van der Waals surface area contributed by atoms with Gasteiger partial charge >= 0.3 is 0 Å². The number of hydrogen-bond acceptors (Lipinski definition) is 5. The van der Waals surface area contributed by atoms with E-state index in [9.17, 15) is 0 Å². The van der Waals surface area contributed by atoms with E-state index in [2.05, 4.69) is 69.5 Å². The SMILES string of the molecule is COc1cc(NC(C)CCCNC(C)CCCN)c2nc(C(C)(C)C)ccc2c1. The van der Waals surface area contributed by atoms with Gasteiger partial charge in [-0.1, -0.05) is 26.8 Å². The number of rotatable bonds is 11. The maximum Gasteiger partial charge on any atom is 0.121 e. The number of nitrogens with zero attached hydrogens (tertiary/aromatic N) is 1. The Morgan fingerprint density at radius 2 is 1.79 bits per heavy atom. The van der Waals surface area contributed by atoms with Crippen LogP contribution in [0.3, 0.4) is 0 Å². The molecule has 4 N–H and O–H groups in total. The third-order valence-electron chi connectivity index (χ3n) is 5.32. The molecule has 0 saturated carbocycles. The fraction of sp³-hybridized carbons (Fsp3) is 0.625. The van der Waals surface area contributed by atoms with Crippen molar-refractivity contribution in [3.63, 3.8) is 0 Å². The van der Waals surface area contributed by atoms with E-state index in [-0.39, 0.29) is 5.41 Å². The molecule has 0 bridgehead atoms. The summed E-state index contributed by atoms with van der Waals surface area (Å²) in [6, 6.07) is 9.26. The average Bonchev–Trinajstić information content (AvgIpc) is 2.68. The second kappa shape index (κ2) is 10.8. The Labute approximate surface area is 176 Å². The highest BCUT2D eigenvalue weighted by atomic mass is 16.5. The first kappa shape index (κ1) is 23.4. The van der Waals surface area contributed by atoms with Gasteiger partial charge in [-0.05, 0) is 64.8 Å². The molecule has 0 aliphatic carbocycles. The molecule has 29 heavy (non-hydrogen) atoms. The molecule has 2 rings (SSSR count). The van der Waals surface area contributed by atoms with Crippen LogP contribution in [0.4, 0.5) is 5.69 Å². The lowest BCUT2D eigenvalue weighted by Crippen LogP contribution is -2.28. The molecule has 0 aliphatic rings. The molecule has 0 spiro atoms. The maximum absolute atomic E-state index is 5.59. The molecule has 0 amide bonds. The van der Waals surface area contributed by atoms with Gasteiger partial charge in [0.1, 0.15) is 5.75 Å². The van der Waals surface area contributed by atoms with Gasteiger partial charge in [-0.15, -0.1) is 0 Å². The van der Waals surface area contributed by atoms with Gasteiger partial charge in [0.05, 0.1) is 18.3 Å². The first-order chi connectivity index (χ1) is 13.7. The third-order valence-corrected chi connectivity index (χ3v) is 5.32. The van der Waals surface area contributed by atoms with Crippen LogP contribution in [0.15, 0.2) is 24.3 Å². The lowest BCUT2D eigenvalue weighted by molar-refractivity contribution is 0.415. The first-order valence-electron chi connectivity index (χ1n) is 10.9. The van der Waals surface area contributed by atoms with Crippen LogP contribution in [0, 0.1) is 0 Å². The van der Waals surface area contributed by atoms with E-state index in [1.54, 1.807) is 7.11 Å². The standard InChI is InChI=1S/C24H40N4O/c1-17(9-7-13-25)26-14-8-10-18(2)27-21-16-20(29-6)15-19-11-12-22(24(3,4)5)28-23(19)21/h11-12,15-18,26-27H,7-10,13-14,25H2,1-6H3. The van der Waals surface area contributed by atoms with Gasteiger partial charge in [0.2, 0.25) is 0 Å². The van der Waals surface area contributed by atoms with Crippen molar-refractivity contribution in [3.05, 3.63) is 30.0 Å². The van der Waals surface area contributed by atoms with Crippen molar-refractivity contribution in [2.24, 2.45) is 5.73 Å². The number of hydrogen-bond donors (Lipinski definition) is 3. The van der Waals surface area contributed by atoms with Gasteiger partial charge in [0.25, 0.3) is 0 Å². The van der Waals surface area contributed by atoms with Crippen LogP contribution < -0.4 is 21.1 Å².